The Morgan fingerprint density at radius 2 is 1.91 bits per heavy atom. The Morgan fingerprint density at radius 1 is 1.14 bits per heavy atom. The van der Waals surface area contributed by atoms with Gasteiger partial charge in [0.25, 0.3) is 0 Å². The molecule has 2 aromatic rings. The summed E-state index contributed by atoms with van der Waals surface area (Å²) in [7, 11) is 4.04. The molecule has 0 amide bonds. The van der Waals surface area contributed by atoms with Gasteiger partial charge in [0.05, 0.1) is 6.61 Å². The highest BCUT2D eigenvalue weighted by Crippen LogP contribution is 2.30. The molecule has 0 aliphatic rings. The molecule has 0 atom stereocenters. The van der Waals surface area contributed by atoms with Crippen molar-refractivity contribution in [2.45, 2.75) is 25.0 Å². The minimum atomic E-state index is 0.0439. The first-order valence-electron chi connectivity index (χ1n) is 7.23. The van der Waals surface area contributed by atoms with Gasteiger partial charge in [0, 0.05) is 17.0 Å². The number of aliphatic hydroxyl groups is 1. The molecule has 22 heavy (non-hydrogen) atoms. The Morgan fingerprint density at radius 3 is 2.50 bits per heavy atom. The molecule has 3 nitrogen and oxygen atoms in total. The van der Waals surface area contributed by atoms with Gasteiger partial charge in [-0.2, -0.15) is 0 Å². The van der Waals surface area contributed by atoms with Crippen LogP contribution in [-0.4, -0.2) is 30.4 Å². The fraction of sp³-hybridized carbons (Fsp3) is 0.333. The third-order valence-corrected chi connectivity index (χ3v) is 4.29. The number of aryl methyl sites for hydroxylation is 1. The van der Waals surface area contributed by atoms with E-state index in [1.807, 2.05) is 38.4 Å². The van der Waals surface area contributed by atoms with Crippen molar-refractivity contribution in [1.29, 1.82) is 0 Å². The molecule has 0 aromatic heterocycles. The van der Waals surface area contributed by atoms with E-state index in [9.17, 15) is 5.11 Å². The van der Waals surface area contributed by atoms with Gasteiger partial charge in [0.1, 0.15) is 11.5 Å². The summed E-state index contributed by atoms with van der Waals surface area (Å²) in [6, 6.07) is 12.0. The zero-order valence-electron chi connectivity index (χ0n) is 13.6. The lowest BCUT2D eigenvalue weighted by atomic mass is 10.1. The number of ether oxygens (including phenoxy) is 1. The van der Waals surface area contributed by atoms with Crippen LogP contribution in [0.1, 0.15) is 16.7 Å². The number of hydrogen-bond donors (Lipinski definition) is 1. The summed E-state index contributed by atoms with van der Waals surface area (Å²) in [6.07, 6.45) is 2.08. The first-order chi connectivity index (χ1) is 10.5. The third-order valence-electron chi connectivity index (χ3n) is 3.39. The van der Waals surface area contributed by atoms with Gasteiger partial charge in [-0.1, -0.05) is 6.07 Å². The Bertz CT molecular complexity index is 641. The van der Waals surface area contributed by atoms with Crippen LogP contribution in [0.15, 0.2) is 41.3 Å². The molecule has 0 aliphatic heterocycles. The standard InChI is InChI=1S/C18H23NO2S/c1-13-9-16(6-8-18(13)22-4)21-17-7-5-14(12-20)10-15(17)11-19(2)3/h5-10,20H,11-12H2,1-4H3. The Balaban J connectivity index is 2.29. The van der Waals surface area contributed by atoms with E-state index in [1.165, 1.54) is 10.5 Å². The second kappa shape index (κ2) is 7.68. The quantitative estimate of drug-likeness (QED) is 0.814. The lowest BCUT2D eigenvalue weighted by Gasteiger charge is -2.16. The van der Waals surface area contributed by atoms with E-state index < -0.39 is 0 Å². The Kier molecular flexibility index (Phi) is 5.89. The average Bonchev–Trinajstić information content (AvgIpc) is 2.48. The molecule has 1 N–H and O–H groups in total. The maximum absolute atomic E-state index is 9.31. The molecule has 0 aliphatic carbocycles. The molecule has 4 heteroatoms. The van der Waals surface area contributed by atoms with Crippen LogP contribution < -0.4 is 4.74 Å². The van der Waals surface area contributed by atoms with Crippen LogP contribution in [0.2, 0.25) is 0 Å². The molecule has 0 radical (unpaired) electrons. The smallest absolute Gasteiger partial charge is 0.131 e. The number of benzene rings is 2. The summed E-state index contributed by atoms with van der Waals surface area (Å²) in [4.78, 5) is 3.35. The molecular weight excluding hydrogens is 294 g/mol. The zero-order chi connectivity index (χ0) is 16.1. The maximum atomic E-state index is 9.31. The molecule has 0 fully saturated rings. The zero-order valence-corrected chi connectivity index (χ0v) is 14.4. The summed E-state index contributed by atoms with van der Waals surface area (Å²) >= 11 is 1.74. The third kappa shape index (κ3) is 4.26. The predicted molar refractivity (Wildman–Crippen MR) is 92.8 cm³/mol. The largest absolute Gasteiger partial charge is 0.457 e. The van der Waals surface area contributed by atoms with Crippen LogP contribution >= 0.6 is 11.8 Å². The molecule has 0 unspecified atom stereocenters. The molecule has 0 spiro atoms. The van der Waals surface area contributed by atoms with Crippen LogP contribution in [0.5, 0.6) is 11.5 Å². The predicted octanol–water partition coefficient (Wildman–Crippen LogP) is 4.06. The minimum Gasteiger partial charge on any atom is -0.457 e. The highest BCUT2D eigenvalue weighted by molar-refractivity contribution is 7.98. The van der Waals surface area contributed by atoms with Gasteiger partial charge in [-0.15, -0.1) is 11.8 Å². The van der Waals surface area contributed by atoms with Crippen LogP contribution in [0.25, 0.3) is 0 Å². The van der Waals surface area contributed by atoms with Gasteiger partial charge in [-0.3, -0.25) is 0 Å². The number of rotatable bonds is 6. The summed E-state index contributed by atoms with van der Waals surface area (Å²) < 4.78 is 6.07. The van der Waals surface area contributed by atoms with Crippen molar-refractivity contribution in [3.05, 3.63) is 53.1 Å². The fourth-order valence-corrected chi connectivity index (χ4v) is 2.92. The SMILES string of the molecule is CSc1ccc(Oc2ccc(CO)cc2CN(C)C)cc1C. The van der Waals surface area contributed by atoms with Crippen LogP contribution in [-0.2, 0) is 13.2 Å². The van der Waals surface area contributed by atoms with E-state index in [4.69, 9.17) is 4.74 Å². The molecule has 0 heterocycles. The van der Waals surface area contributed by atoms with Gasteiger partial charge in [0.15, 0.2) is 0 Å². The van der Waals surface area contributed by atoms with Crippen molar-refractivity contribution in [2.24, 2.45) is 0 Å². The Labute approximate surface area is 136 Å². The molecule has 118 valence electrons. The van der Waals surface area contributed by atoms with Crippen LogP contribution in [0.3, 0.4) is 0 Å². The van der Waals surface area contributed by atoms with Gasteiger partial charge in [-0.25, -0.2) is 0 Å². The topological polar surface area (TPSA) is 32.7 Å². The van der Waals surface area contributed by atoms with Gasteiger partial charge in [0.2, 0.25) is 0 Å². The molecular formula is C18H23NO2S. The molecule has 0 bridgehead atoms. The molecule has 2 rings (SSSR count). The first-order valence-corrected chi connectivity index (χ1v) is 8.46. The lowest BCUT2D eigenvalue weighted by molar-refractivity contribution is 0.281. The molecule has 0 saturated carbocycles. The second-order valence-electron chi connectivity index (χ2n) is 5.57. The fourth-order valence-electron chi connectivity index (χ4n) is 2.34. The minimum absolute atomic E-state index is 0.0439. The summed E-state index contributed by atoms with van der Waals surface area (Å²) in [5.41, 5.74) is 3.19. The van der Waals surface area contributed by atoms with Crippen molar-refractivity contribution < 1.29 is 9.84 Å². The van der Waals surface area contributed by atoms with E-state index in [0.29, 0.717) is 0 Å². The lowest BCUT2D eigenvalue weighted by Crippen LogP contribution is -2.11. The van der Waals surface area contributed by atoms with E-state index in [2.05, 4.69) is 30.2 Å². The maximum Gasteiger partial charge on any atom is 0.131 e. The number of nitrogens with zero attached hydrogens (tertiary/aromatic N) is 1. The van der Waals surface area contributed by atoms with E-state index >= 15 is 0 Å². The second-order valence-corrected chi connectivity index (χ2v) is 6.42. The number of aliphatic hydroxyl groups excluding tert-OH is 1. The number of hydrogen-bond acceptors (Lipinski definition) is 4. The normalized spacial score (nSPS) is 11.0. The highest BCUT2D eigenvalue weighted by atomic mass is 32.2. The summed E-state index contributed by atoms with van der Waals surface area (Å²) in [5.74, 6) is 1.68. The monoisotopic (exact) mass is 317 g/mol. The van der Waals surface area contributed by atoms with Crippen molar-refractivity contribution >= 4 is 11.8 Å². The van der Waals surface area contributed by atoms with Crippen molar-refractivity contribution in [3.8, 4) is 11.5 Å². The first kappa shape index (κ1) is 16.9. The van der Waals surface area contributed by atoms with Gasteiger partial charge in [-0.05, 0) is 68.7 Å². The average molecular weight is 317 g/mol. The van der Waals surface area contributed by atoms with Crippen molar-refractivity contribution in [2.75, 3.05) is 20.4 Å². The Hall–Kier alpha value is -1.49. The van der Waals surface area contributed by atoms with Crippen molar-refractivity contribution in [3.63, 3.8) is 0 Å². The molecule has 2 aromatic carbocycles. The van der Waals surface area contributed by atoms with E-state index in [1.54, 1.807) is 11.8 Å². The van der Waals surface area contributed by atoms with Crippen LogP contribution in [0, 0.1) is 6.92 Å². The van der Waals surface area contributed by atoms with Gasteiger partial charge < -0.3 is 14.7 Å². The van der Waals surface area contributed by atoms with E-state index in [0.717, 1.165) is 29.2 Å². The van der Waals surface area contributed by atoms with Crippen LogP contribution in [0.4, 0.5) is 0 Å². The highest BCUT2D eigenvalue weighted by Gasteiger charge is 2.09. The summed E-state index contributed by atoms with van der Waals surface area (Å²) in [5, 5.41) is 9.31. The summed E-state index contributed by atoms with van der Waals surface area (Å²) in [6.45, 7) is 2.90. The number of thioether (sulfide) groups is 1. The van der Waals surface area contributed by atoms with Crippen molar-refractivity contribution in [1.82, 2.24) is 4.90 Å². The molecule has 0 saturated heterocycles. The van der Waals surface area contributed by atoms with Gasteiger partial charge >= 0.3 is 0 Å². The van der Waals surface area contributed by atoms with E-state index in [-0.39, 0.29) is 6.61 Å².